The van der Waals surface area contributed by atoms with Gasteiger partial charge >= 0.3 is 11.9 Å². The zero-order chi connectivity index (χ0) is 43.3. The van der Waals surface area contributed by atoms with Crippen LogP contribution in [0.2, 0.25) is 0 Å². The van der Waals surface area contributed by atoms with E-state index in [9.17, 15) is 35.1 Å². The molecular weight excluding hydrogens is 807 g/mol. The largest absolute Gasteiger partial charge is 0.493 e. The van der Waals surface area contributed by atoms with E-state index in [0.29, 0.717) is 47.1 Å². The molecule has 5 aliphatic heterocycles. The standard InChI is InChI=1S/C45H45N3O14/c1-56-29-12-11-25-34-30(17-22-7-3-2-4-8-22)59-31-19-23(58-44-37(54)36(53)41(55)45(62-44)13-14-47-43(46)42(45)60-33(52)20-32(50)51)18-26(27-21-48-28-10-6-5-9-24(27)28)35(31)40(34)61-38(25)39(29)57-16-15-49/h2-14,18-19,30,34,36-37,40-44,47,49,53-55H,15-17,20-21,46H2,1H3,(H,50,51). The van der Waals surface area contributed by atoms with Crippen LogP contribution < -0.4 is 45.3 Å². The maximum absolute atomic E-state index is 12.6. The quantitative estimate of drug-likeness (QED) is 0.0756. The first-order chi connectivity index (χ1) is 30.0. The number of aliphatic hydroxyl groups excluding tert-OH is 4. The van der Waals surface area contributed by atoms with E-state index in [-0.39, 0.29) is 24.9 Å². The van der Waals surface area contributed by atoms with E-state index >= 15 is 0 Å². The highest BCUT2D eigenvalue weighted by atomic mass is 16.7. The van der Waals surface area contributed by atoms with Crippen LogP contribution in [0.1, 0.15) is 40.7 Å². The lowest BCUT2D eigenvalue weighted by Crippen LogP contribution is -2.74. The predicted molar refractivity (Wildman–Crippen MR) is 216 cm³/mol. The third-order valence-corrected chi connectivity index (χ3v) is 11.9. The Bertz CT molecular complexity index is 2540. The van der Waals surface area contributed by atoms with Crippen LogP contribution in [0.4, 0.5) is 0 Å². The number of aliphatic carboxylic acids is 1. The van der Waals surface area contributed by atoms with Crippen molar-refractivity contribution in [3.05, 3.63) is 124 Å². The van der Waals surface area contributed by atoms with Gasteiger partial charge in [-0.1, -0.05) is 54.6 Å². The third-order valence-electron chi connectivity index (χ3n) is 11.9. The van der Waals surface area contributed by atoms with Gasteiger partial charge in [0.2, 0.25) is 12.0 Å². The first kappa shape index (κ1) is 41.2. The van der Waals surface area contributed by atoms with Gasteiger partial charge in [0.15, 0.2) is 23.2 Å². The second-order valence-electron chi connectivity index (χ2n) is 15.6. The molecule has 0 radical (unpaired) electrons. The summed E-state index contributed by atoms with van der Waals surface area (Å²) >= 11 is 0. The molecule has 0 bridgehead atoms. The van der Waals surface area contributed by atoms with Gasteiger partial charge in [-0.2, -0.15) is 0 Å². The number of hydrogen-bond donors (Lipinski definition) is 7. The molecule has 1 fully saturated rings. The van der Waals surface area contributed by atoms with Gasteiger partial charge in [0.1, 0.15) is 61.2 Å². The summed E-state index contributed by atoms with van der Waals surface area (Å²) in [5, 5.41) is 57.5. The molecule has 4 aromatic rings. The van der Waals surface area contributed by atoms with Gasteiger partial charge < -0.3 is 69.7 Å². The number of nitrogens with zero attached hydrogens (tertiary/aromatic N) is 1. The Morgan fingerprint density at radius 3 is 2.56 bits per heavy atom. The lowest BCUT2D eigenvalue weighted by molar-refractivity contribution is -0.321. The molecule has 324 valence electrons. The summed E-state index contributed by atoms with van der Waals surface area (Å²) in [5.41, 5.74) is 8.16. The monoisotopic (exact) mass is 851 g/mol. The summed E-state index contributed by atoms with van der Waals surface area (Å²) in [4.78, 5) is 28.8. The minimum atomic E-state index is -2.11. The van der Waals surface area contributed by atoms with Crippen molar-refractivity contribution in [2.24, 2.45) is 10.7 Å². The number of rotatable bonds is 12. The number of methoxy groups -OCH3 is 1. The molecule has 0 aromatic heterocycles. The number of nitrogens with one attached hydrogen (secondary N) is 1. The molecule has 1 spiro atoms. The van der Waals surface area contributed by atoms with E-state index in [1.807, 2.05) is 60.7 Å². The van der Waals surface area contributed by atoms with E-state index in [0.717, 1.165) is 27.3 Å². The van der Waals surface area contributed by atoms with Gasteiger partial charge in [-0.15, -0.1) is 0 Å². The average Bonchev–Trinajstić information content (AvgIpc) is 3.88. The molecule has 0 saturated carbocycles. The first-order valence-electron chi connectivity index (χ1n) is 20.1. The summed E-state index contributed by atoms with van der Waals surface area (Å²) in [6.45, 7) is 0.0603. The highest BCUT2D eigenvalue weighted by Crippen LogP contribution is 2.60. The van der Waals surface area contributed by atoms with Crippen molar-refractivity contribution < 1.29 is 68.3 Å². The number of fused-ring (bicyclic) bond motifs is 6. The van der Waals surface area contributed by atoms with Crippen molar-refractivity contribution in [2.45, 2.75) is 73.4 Å². The van der Waals surface area contributed by atoms with Crippen LogP contribution in [-0.4, -0.2) is 113 Å². The molecular formula is C45H45N3O14. The van der Waals surface area contributed by atoms with Crippen LogP contribution in [0.15, 0.2) is 96.1 Å². The van der Waals surface area contributed by atoms with Gasteiger partial charge in [0.05, 0.1) is 31.5 Å². The van der Waals surface area contributed by atoms with Crippen molar-refractivity contribution in [2.75, 3.05) is 26.9 Å². The number of nitrogens with two attached hydrogens (primary N) is 1. The fraction of sp³-hybridized carbons (Fsp3) is 0.356. The third kappa shape index (κ3) is 7.15. The second-order valence-corrected chi connectivity index (χ2v) is 15.6. The van der Waals surface area contributed by atoms with Gasteiger partial charge in [0.25, 0.3) is 0 Å². The molecule has 0 amide bonds. The fourth-order valence-electron chi connectivity index (χ4n) is 9.07. The molecule has 4 aromatic carbocycles. The second kappa shape index (κ2) is 16.6. The molecule has 10 unspecified atom stereocenters. The van der Waals surface area contributed by atoms with E-state index in [1.54, 1.807) is 18.2 Å². The average molecular weight is 852 g/mol. The fourth-order valence-corrected chi connectivity index (χ4v) is 9.07. The van der Waals surface area contributed by atoms with Crippen molar-refractivity contribution in [1.82, 2.24) is 5.32 Å². The Kier molecular flexibility index (Phi) is 11.0. The number of carbonyl (C=O) groups is 2. The lowest BCUT2D eigenvalue weighted by Gasteiger charge is -2.52. The molecule has 8 N–H and O–H groups in total. The number of aliphatic hydroxyl groups is 4. The van der Waals surface area contributed by atoms with Gasteiger partial charge in [-0.3, -0.25) is 14.6 Å². The summed E-state index contributed by atoms with van der Waals surface area (Å²) in [6, 6.07) is 24.7. The Morgan fingerprint density at radius 2 is 1.79 bits per heavy atom. The van der Waals surface area contributed by atoms with Crippen LogP contribution in [-0.2, 0) is 25.5 Å². The van der Waals surface area contributed by atoms with Crippen LogP contribution in [0.5, 0.6) is 28.7 Å². The highest BCUT2D eigenvalue weighted by molar-refractivity contribution is 5.90. The van der Waals surface area contributed by atoms with E-state index in [1.165, 1.54) is 19.4 Å². The molecule has 62 heavy (non-hydrogen) atoms. The number of carboxylic acids is 1. The van der Waals surface area contributed by atoms with Crippen LogP contribution in [0.3, 0.4) is 0 Å². The first-order valence-corrected chi connectivity index (χ1v) is 20.1. The number of hydrogen-bond acceptors (Lipinski definition) is 16. The molecule has 9 rings (SSSR count). The number of carbonyl (C=O) groups excluding carboxylic acids is 1. The number of benzene rings is 4. The maximum atomic E-state index is 12.6. The minimum absolute atomic E-state index is 0.0000535. The Hall–Kier alpha value is -6.21. The topological polar surface area (TPSA) is 250 Å². The van der Waals surface area contributed by atoms with Crippen LogP contribution in [0, 0.1) is 0 Å². The van der Waals surface area contributed by atoms with Crippen LogP contribution >= 0.6 is 0 Å². The molecule has 17 heteroatoms. The van der Waals surface area contributed by atoms with Gasteiger partial charge in [-0.25, -0.2) is 0 Å². The van der Waals surface area contributed by atoms with Crippen molar-refractivity contribution in [3.63, 3.8) is 0 Å². The zero-order valence-corrected chi connectivity index (χ0v) is 33.3. The number of para-hydroxylation sites is 1. The van der Waals surface area contributed by atoms with Crippen molar-refractivity contribution in [1.29, 1.82) is 0 Å². The number of carboxylic acid groups (broad SMARTS) is 1. The van der Waals surface area contributed by atoms with E-state index in [4.69, 9.17) is 43.9 Å². The molecule has 10 atom stereocenters. The smallest absolute Gasteiger partial charge is 0.317 e. The predicted octanol–water partition coefficient (Wildman–Crippen LogP) is 0.464. The van der Waals surface area contributed by atoms with E-state index < -0.39 is 73.0 Å². The normalized spacial score (nSPS) is 28.8. The van der Waals surface area contributed by atoms with Crippen molar-refractivity contribution in [3.8, 4) is 28.7 Å². The molecule has 17 nitrogen and oxygen atoms in total. The zero-order valence-electron chi connectivity index (χ0n) is 33.3. The van der Waals surface area contributed by atoms with Crippen LogP contribution in [0.25, 0.3) is 5.57 Å². The maximum Gasteiger partial charge on any atom is 0.317 e. The Labute approximate surface area is 354 Å². The summed E-state index contributed by atoms with van der Waals surface area (Å²) in [6.07, 6.45) is -9.32. The minimum Gasteiger partial charge on any atom is -0.493 e. The number of esters is 1. The molecule has 0 aliphatic carbocycles. The Morgan fingerprint density at radius 1 is 1.00 bits per heavy atom. The molecule has 5 heterocycles. The summed E-state index contributed by atoms with van der Waals surface area (Å²) in [5.74, 6) is -1.25. The Balaban J connectivity index is 1.17. The van der Waals surface area contributed by atoms with Crippen molar-refractivity contribution >= 4 is 17.5 Å². The molecule has 1 saturated heterocycles. The molecule has 5 aliphatic rings. The summed E-state index contributed by atoms with van der Waals surface area (Å²) < 4.78 is 43.9. The number of ether oxygens (including phenoxy) is 7. The summed E-state index contributed by atoms with van der Waals surface area (Å²) in [7, 11) is 1.53. The van der Waals surface area contributed by atoms with Gasteiger partial charge in [0, 0.05) is 28.8 Å². The highest BCUT2D eigenvalue weighted by Gasteiger charge is 2.61. The SMILES string of the molecule is COc1ccc2c(c1OCCO)OC1c3c(cc(OC4OC5(C=CNC(N)C5OC(=O)CC(=O)O)C(O)C(O)C4O)cc3C3=c4ccccc4=NC3)OC(Cc3ccccc3)C21. The lowest BCUT2D eigenvalue weighted by atomic mass is 9.79. The van der Waals surface area contributed by atoms with Gasteiger partial charge in [-0.05, 0) is 47.2 Å². The van der Waals surface area contributed by atoms with E-state index in [2.05, 4.69) is 5.32 Å².